The van der Waals surface area contributed by atoms with Crippen LogP contribution in [0.15, 0.2) is 36.5 Å². The van der Waals surface area contributed by atoms with E-state index in [1.54, 1.807) is 18.3 Å². The predicted molar refractivity (Wildman–Crippen MR) is 57.7 cm³/mol. The number of rotatable bonds is 0. The lowest BCUT2D eigenvalue weighted by molar-refractivity contribution is 0.275. The Kier molecular flexibility index (Phi) is 3.98. The van der Waals surface area contributed by atoms with E-state index in [1.165, 1.54) is 0 Å². The molecule has 6 nitrogen and oxygen atoms in total. The van der Waals surface area contributed by atoms with Gasteiger partial charge in [-0.1, -0.05) is 6.07 Å². The van der Waals surface area contributed by atoms with E-state index in [0.717, 1.165) is 10.9 Å². The van der Waals surface area contributed by atoms with Gasteiger partial charge in [-0.25, -0.2) is 4.57 Å². The molecule has 1 heterocycles. The summed E-state index contributed by atoms with van der Waals surface area (Å²) in [5, 5.41) is 10.1. The van der Waals surface area contributed by atoms with Gasteiger partial charge in [0.1, 0.15) is 5.75 Å². The zero-order valence-corrected chi connectivity index (χ0v) is 8.95. The molecule has 0 aliphatic rings. The lowest BCUT2D eigenvalue weighted by atomic mass is 10.2. The number of phenolic OH excluding ortho intramolecular Hbond substituents is 1. The highest BCUT2D eigenvalue weighted by molar-refractivity contribution is 7.45. The Balaban J connectivity index is 0.000000221. The van der Waals surface area contributed by atoms with Crippen LogP contribution in [0, 0.1) is 0 Å². The van der Waals surface area contributed by atoms with Gasteiger partial charge in [-0.15, -0.1) is 0 Å². The number of aromatic hydroxyl groups is 1. The molecule has 1 aromatic carbocycles. The van der Waals surface area contributed by atoms with E-state index in [-0.39, 0.29) is 5.75 Å². The molecule has 0 aliphatic carbocycles. The Morgan fingerprint density at radius 1 is 1.12 bits per heavy atom. The summed E-state index contributed by atoms with van der Waals surface area (Å²) in [6.07, 6.45) is 1.71. The maximum Gasteiger partial charge on any atom is 0.466 e. The third kappa shape index (κ3) is 4.86. The van der Waals surface area contributed by atoms with Crippen molar-refractivity contribution in [1.29, 1.82) is 0 Å². The van der Waals surface area contributed by atoms with Crippen LogP contribution in [0.5, 0.6) is 5.75 Å². The number of nitrogens with zero attached hydrogens (tertiary/aromatic N) is 1. The van der Waals surface area contributed by atoms with Crippen molar-refractivity contribution in [3.63, 3.8) is 0 Å². The van der Waals surface area contributed by atoms with Gasteiger partial charge < -0.3 is 19.8 Å². The minimum Gasteiger partial charge on any atom is -0.508 e. The van der Waals surface area contributed by atoms with Crippen molar-refractivity contribution in [3.8, 4) is 5.75 Å². The normalized spacial score (nSPS) is 10.7. The average Bonchev–Trinajstić information content (AvgIpc) is 2.15. The highest BCUT2D eigenvalue weighted by Crippen LogP contribution is 2.25. The third-order valence-electron chi connectivity index (χ3n) is 1.59. The minimum absolute atomic E-state index is 0.260. The second kappa shape index (κ2) is 5.05. The highest BCUT2D eigenvalue weighted by Gasteiger charge is 2.00. The number of fused-ring (bicyclic) bond motifs is 1. The fourth-order valence-corrected chi connectivity index (χ4v) is 1.05. The van der Waals surface area contributed by atoms with Crippen molar-refractivity contribution in [2.24, 2.45) is 0 Å². The molecular formula is C9H10NO5P. The molecule has 16 heavy (non-hydrogen) atoms. The molecule has 0 spiro atoms. The van der Waals surface area contributed by atoms with Crippen LogP contribution in [0.3, 0.4) is 0 Å². The Bertz CT molecular complexity index is 516. The second-order valence-electron chi connectivity index (χ2n) is 2.89. The maximum atomic E-state index is 9.09. The number of phenols is 1. The Labute approximate surface area is 91.1 Å². The van der Waals surface area contributed by atoms with Crippen LogP contribution >= 0.6 is 7.82 Å². The molecule has 0 fully saturated rings. The maximum absolute atomic E-state index is 9.09. The van der Waals surface area contributed by atoms with E-state index >= 15 is 0 Å². The number of hydrogen-bond donors (Lipinski definition) is 4. The van der Waals surface area contributed by atoms with Crippen molar-refractivity contribution in [1.82, 2.24) is 4.98 Å². The Morgan fingerprint density at radius 3 is 2.38 bits per heavy atom. The summed E-state index contributed by atoms with van der Waals surface area (Å²) in [7, 11) is -4.64. The van der Waals surface area contributed by atoms with Gasteiger partial charge in [-0.3, -0.25) is 4.98 Å². The number of phosphoric acid groups is 1. The van der Waals surface area contributed by atoms with E-state index in [0.29, 0.717) is 0 Å². The van der Waals surface area contributed by atoms with Gasteiger partial charge in [0.05, 0.1) is 5.52 Å². The van der Waals surface area contributed by atoms with Gasteiger partial charge in [-0.2, -0.15) is 0 Å². The standard InChI is InChI=1S/C9H7NO.H3O4P/c11-8-4-3-7-2-1-5-10-9(7)6-8;1-5(2,3)4/h1-6,11H;(H3,1,2,3,4). The molecule has 2 aromatic rings. The molecule has 0 unspecified atom stereocenters. The van der Waals surface area contributed by atoms with Gasteiger partial charge >= 0.3 is 7.82 Å². The van der Waals surface area contributed by atoms with Crippen LogP contribution in [-0.2, 0) is 4.57 Å². The number of benzene rings is 1. The number of aromatic nitrogens is 1. The zero-order valence-electron chi connectivity index (χ0n) is 8.06. The fourth-order valence-electron chi connectivity index (χ4n) is 1.05. The molecule has 0 aliphatic heterocycles. The molecule has 0 amide bonds. The van der Waals surface area contributed by atoms with Crippen LogP contribution < -0.4 is 0 Å². The summed E-state index contributed by atoms with van der Waals surface area (Å²) in [5.41, 5.74) is 0.826. The largest absolute Gasteiger partial charge is 0.508 e. The van der Waals surface area contributed by atoms with E-state index in [2.05, 4.69) is 4.98 Å². The van der Waals surface area contributed by atoms with Crippen molar-refractivity contribution >= 4 is 18.7 Å². The molecule has 0 atom stereocenters. The van der Waals surface area contributed by atoms with E-state index < -0.39 is 7.82 Å². The summed E-state index contributed by atoms with van der Waals surface area (Å²) >= 11 is 0. The van der Waals surface area contributed by atoms with Crippen LogP contribution in [0.4, 0.5) is 0 Å². The van der Waals surface area contributed by atoms with Crippen LogP contribution in [0.25, 0.3) is 10.9 Å². The first-order chi connectivity index (χ1) is 7.36. The highest BCUT2D eigenvalue weighted by atomic mass is 31.2. The van der Waals surface area contributed by atoms with E-state index in [1.807, 2.05) is 18.2 Å². The molecule has 2 rings (SSSR count). The van der Waals surface area contributed by atoms with Crippen molar-refractivity contribution in [2.45, 2.75) is 0 Å². The molecule has 0 radical (unpaired) electrons. The van der Waals surface area contributed by atoms with Gasteiger partial charge in [0.15, 0.2) is 0 Å². The summed E-state index contributed by atoms with van der Waals surface area (Å²) in [4.78, 5) is 25.6. The Morgan fingerprint density at radius 2 is 1.75 bits per heavy atom. The molecule has 0 bridgehead atoms. The van der Waals surface area contributed by atoms with Gasteiger partial charge in [0.25, 0.3) is 0 Å². The molecule has 0 saturated heterocycles. The Hall–Kier alpha value is -1.46. The first kappa shape index (κ1) is 12.6. The van der Waals surface area contributed by atoms with Crippen LogP contribution in [0.1, 0.15) is 0 Å². The number of pyridine rings is 1. The van der Waals surface area contributed by atoms with Gasteiger partial charge in [0, 0.05) is 17.6 Å². The summed E-state index contributed by atoms with van der Waals surface area (Å²) in [6.45, 7) is 0. The lowest BCUT2D eigenvalue weighted by Gasteiger charge is -1.95. The second-order valence-corrected chi connectivity index (χ2v) is 3.92. The fraction of sp³-hybridized carbons (Fsp3) is 0. The smallest absolute Gasteiger partial charge is 0.466 e. The zero-order chi connectivity index (χ0) is 12.2. The molecule has 0 saturated carbocycles. The first-order valence-corrected chi connectivity index (χ1v) is 5.75. The summed E-state index contributed by atoms with van der Waals surface area (Å²) in [5.74, 6) is 0.260. The van der Waals surface area contributed by atoms with Gasteiger partial charge in [0.2, 0.25) is 0 Å². The SMILES string of the molecule is O=P(O)(O)O.Oc1ccc2cccnc2c1. The average molecular weight is 243 g/mol. The van der Waals surface area contributed by atoms with Gasteiger partial charge in [-0.05, 0) is 18.2 Å². The van der Waals surface area contributed by atoms with Crippen LogP contribution in [0.2, 0.25) is 0 Å². The third-order valence-corrected chi connectivity index (χ3v) is 1.59. The molecule has 4 N–H and O–H groups in total. The number of hydrogen-bond acceptors (Lipinski definition) is 3. The van der Waals surface area contributed by atoms with E-state index in [9.17, 15) is 0 Å². The topological polar surface area (TPSA) is 111 Å². The summed E-state index contributed by atoms with van der Waals surface area (Å²) < 4.78 is 8.88. The van der Waals surface area contributed by atoms with Crippen molar-refractivity contribution in [2.75, 3.05) is 0 Å². The molecule has 86 valence electrons. The minimum atomic E-state index is -4.64. The van der Waals surface area contributed by atoms with E-state index in [4.69, 9.17) is 24.4 Å². The molecular weight excluding hydrogens is 233 g/mol. The van der Waals surface area contributed by atoms with Crippen LogP contribution in [-0.4, -0.2) is 24.8 Å². The molecule has 7 heteroatoms. The lowest BCUT2D eigenvalue weighted by Crippen LogP contribution is -1.75. The quantitative estimate of drug-likeness (QED) is 0.514. The molecule has 1 aromatic heterocycles. The summed E-state index contributed by atoms with van der Waals surface area (Å²) in [6, 6.07) is 8.98. The predicted octanol–water partition coefficient (Wildman–Crippen LogP) is 1.01. The first-order valence-electron chi connectivity index (χ1n) is 4.18. The monoisotopic (exact) mass is 243 g/mol. The van der Waals surface area contributed by atoms with Crippen molar-refractivity contribution in [3.05, 3.63) is 36.5 Å². The van der Waals surface area contributed by atoms with Crippen molar-refractivity contribution < 1.29 is 24.4 Å².